The Bertz CT molecular complexity index is 323. The number of halogens is 2. The molecule has 82 valence electrons. The molecular weight excluding hydrogens is 312 g/mol. The topological polar surface area (TPSA) is 58.9 Å². The van der Waals surface area contributed by atoms with E-state index in [2.05, 4.69) is 4.98 Å². The van der Waals surface area contributed by atoms with E-state index in [1.165, 1.54) is 6.07 Å². The second kappa shape index (κ2) is 6.37. The lowest BCUT2D eigenvalue weighted by Crippen LogP contribution is -2.30. The number of rotatable bonds is 2. The molecule has 1 aromatic rings. The number of nitrogens with one attached hydrogen (secondary N) is 1. The Kier molecular flexibility index (Phi) is 7.42. The fraction of sp³-hybridized carbons (Fsp3) is 0.444. The predicted octanol–water partition coefficient (Wildman–Crippen LogP) is 1.77. The molecule has 3 N–H and O–H groups in total. The Morgan fingerprint density at radius 3 is 2.36 bits per heavy atom. The van der Waals surface area contributed by atoms with Gasteiger partial charge in [-0.2, -0.15) is 0 Å². The number of hydrogen-bond donors (Lipinski definition) is 2. The Hall–Kier alpha value is -0.130. The van der Waals surface area contributed by atoms with Crippen LogP contribution in [0.4, 0.5) is 0 Å². The molecule has 0 aliphatic rings. The summed E-state index contributed by atoms with van der Waals surface area (Å²) in [6.07, 6.45) is 0. The van der Waals surface area contributed by atoms with Gasteiger partial charge in [0.1, 0.15) is 0 Å². The molecule has 5 heteroatoms. The highest BCUT2D eigenvalue weighted by Gasteiger charge is 2.18. The second-order valence-electron chi connectivity index (χ2n) is 3.52. The molecule has 0 radical (unpaired) electrons. The van der Waals surface area contributed by atoms with Gasteiger partial charge in [-0.3, -0.25) is 4.79 Å². The van der Waals surface area contributed by atoms with Gasteiger partial charge in [-0.1, -0.05) is 19.9 Å². The molecule has 0 bridgehead atoms. The van der Waals surface area contributed by atoms with Gasteiger partial charge >= 0.3 is 0 Å². The van der Waals surface area contributed by atoms with Crippen molar-refractivity contribution in [2.75, 3.05) is 6.54 Å². The molecule has 0 unspecified atom stereocenters. The van der Waals surface area contributed by atoms with Crippen molar-refractivity contribution in [3.05, 3.63) is 34.2 Å². The molecule has 1 aromatic heterocycles. The zero-order valence-electron chi connectivity index (χ0n) is 8.24. The fourth-order valence-electron chi connectivity index (χ4n) is 0.953. The van der Waals surface area contributed by atoms with Gasteiger partial charge in [0.25, 0.3) is 0 Å². The van der Waals surface area contributed by atoms with Crippen LogP contribution in [0.1, 0.15) is 19.5 Å². The van der Waals surface area contributed by atoms with Crippen LogP contribution in [0.25, 0.3) is 0 Å². The van der Waals surface area contributed by atoms with Crippen LogP contribution < -0.4 is 11.3 Å². The Balaban J connectivity index is 0. The van der Waals surface area contributed by atoms with Crippen LogP contribution in [0.5, 0.6) is 0 Å². The lowest BCUT2D eigenvalue weighted by molar-refractivity contribution is 0.520. The van der Waals surface area contributed by atoms with Crippen LogP contribution in [0.15, 0.2) is 23.0 Å². The molecular formula is C9H16Br2N2O. The second-order valence-corrected chi connectivity index (χ2v) is 3.52. The maximum absolute atomic E-state index is 11.0. The van der Waals surface area contributed by atoms with Crippen LogP contribution in [-0.4, -0.2) is 11.5 Å². The summed E-state index contributed by atoms with van der Waals surface area (Å²) in [7, 11) is 0. The highest BCUT2D eigenvalue weighted by molar-refractivity contribution is 8.93. The first kappa shape index (κ1) is 16.3. The third-order valence-corrected chi connectivity index (χ3v) is 2.01. The predicted molar refractivity (Wildman–Crippen MR) is 69.8 cm³/mol. The first-order chi connectivity index (χ1) is 5.56. The van der Waals surface area contributed by atoms with Crippen LogP contribution in [-0.2, 0) is 5.41 Å². The molecule has 0 fully saturated rings. The maximum Gasteiger partial charge on any atom is 0.248 e. The monoisotopic (exact) mass is 326 g/mol. The molecule has 0 amide bonds. The van der Waals surface area contributed by atoms with Crippen molar-refractivity contribution >= 4 is 34.0 Å². The van der Waals surface area contributed by atoms with Gasteiger partial charge in [0.2, 0.25) is 5.56 Å². The minimum atomic E-state index is -0.152. The molecule has 1 rings (SSSR count). The molecule has 1 heterocycles. The molecule has 14 heavy (non-hydrogen) atoms. The van der Waals surface area contributed by atoms with Gasteiger partial charge < -0.3 is 10.7 Å². The van der Waals surface area contributed by atoms with Crippen LogP contribution in [0, 0.1) is 0 Å². The van der Waals surface area contributed by atoms with E-state index in [9.17, 15) is 4.79 Å². The molecule has 0 spiro atoms. The number of aromatic nitrogens is 1. The van der Waals surface area contributed by atoms with Crippen molar-refractivity contribution in [3.63, 3.8) is 0 Å². The number of pyridine rings is 1. The number of H-pyrrole nitrogens is 1. The van der Waals surface area contributed by atoms with Crippen molar-refractivity contribution < 1.29 is 0 Å². The Morgan fingerprint density at radius 1 is 1.36 bits per heavy atom. The van der Waals surface area contributed by atoms with Crippen LogP contribution in [0.3, 0.4) is 0 Å². The minimum Gasteiger partial charge on any atom is -0.330 e. The molecule has 0 aliphatic heterocycles. The normalized spacial score (nSPS) is 9.93. The van der Waals surface area contributed by atoms with Crippen molar-refractivity contribution in [1.82, 2.24) is 4.98 Å². The highest BCUT2D eigenvalue weighted by Crippen LogP contribution is 2.17. The van der Waals surface area contributed by atoms with Gasteiger partial charge in [-0.05, 0) is 6.07 Å². The zero-order chi connectivity index (χ0) is 9.19. The van der Waals surface area contributed by atoms with Gasteiger partial charge in [0, 0.05) is 23.7 Å². The summed E-state index contributed by atoms with van der Waals surface area (Å²) < 4.78 is 0. The summed E-state index contributed by atoms with van der Waals surface area (Å²) in [5.74, 6) is 0. The first-order valence-corrected chi connectivity index (χ1v) is 3.96. The Morgan fingerprint density at radius 2 is 1.93 bits per heavy atom. The first-order valence-electron chi connectivity index (χ1n) is 3.96. The summed E-state index contributed by atoms with van der Waals surface area (Å²) in [5, 5.41) is 0. The van der Waals surface area contributed by atoms with E-state index in [1.807, 2.05) is 19.9 Å². The largest absolute Gasteiger partial charge is 0.330 e. The van der Waals surface area contributed by atoms with Crippen LogP contribution >= 0.6 is 34.0 Å². The third kappa shape index (κ3) is 3.94. The SMILES string of the molecule is Br.Br.CC(C)(CN)c1cccc(=O)[nH]1. The van der Waals surface area contributed by atoms with Crippen molar-refractivity contribution in [1.29, 1.82) is 0 Å². The molecule has 0 saturated heterocycles. The van der Waals surface area contributed by atoms with Gasteiger partial charge in [-0.25, -0.2) is 0 Å². The number of nitrogens with two attached hydrogens (primary N) is 1. The van der Waals surface area contributed by atoms with Gasteiger partial charge in [0.05, 0.1) is 0 Å². The molecule has 0 atom stereocenters. The third-order valence-electron chi connectivity index (χ3n) is 2.01. The van der Waals surface area contributed by atoms with E-state index in [1.54, 1.807) is 6.07 Å². The quantitative estimate of drug-likeness (QED) is 0.869. The molecule has 0 saturated carbocycles. The summed E-state index contributed by atoms with van der Waals surface area (Å²) in [6, 6.07) is 5.12. The number of hydrogen-bond acceptors (Lipinski definition) is 2. The van der Waals surface area contributed by atoms with E-state index in [4.69, 9.17) is 5.73 Å². The van der Waals surface area contributed by atoms with E-state index >= 15 is 0 Å². The standard InChI is InChI=1S/C9H14N2O.2BrH/c1-9(2,6-10)7-4-3-5-8(12)11-7;;/h3-5H,6,10H2,1-2H3,(H,11,12);2*1H. The fourth-order valence-corrected chi connectivity index (χ4v) is 0.953. The van der Waals surface area contributed by atoms with Crippen molar-refractivity contribution in [3.8, 4) is 0 Å². The average Bonchev–Trinajstić information content (AvgIpc) is 2.05. The molecule has 0 aromatic carbocycles. The summed E-state index contributed by atoms with van der Waals surface area (Å²) in [4.78, 5) is 13.7. The van der Waals surface area contributed by atoms with Gasteiger partial charge in [-0.15, -0.1) is 34.0 Å². The van der Waals surface area contributed by atoms with E-state index in [0.29, 0.717) is 6.54 Å². The molecule has 0 aliphatic carbocycles. The summed E-state index contributed by atoms with van der Waals surface area (Å²) in [6.45, 7) is 4.52. The van der Waals surface area contributed by atoms with Gasteiger partial charge in [0.15, 0.2) is 0 Å². The van der Waals surface area contributed by atoms with Crippen molar-refractivity contribution in [2.45, 2.75) is 19.3 Å². The van der Waals surface area contributed by atoms with Crippen molar-refractivity contribution in [2.24, 2.45) is 5.73 Å². The van der Waals surface area contributed by atoms with Crippen LogP contribution in [0.2, 0.25) is 0 Å². The average molecular weight is 328 g/mol. The summed E-state index contributed by atoms with van der Waals surface area (Å²) in [5.41, 5.74) is 6.23. The lowest BCUT2D eigenvalue weighted by Gasteiger charge is -2.21. The van der Waals surface area contributed by atoms with E-state index < -0.39 is 0 Å². The number of aromatic amines is 1. The summed E-state index contributed by atoms with van der Waals surface area (Å²) >= 11 is 0. The minimum absolute atomic E-state index is 0. The van der Waals surface area contributed by atoms with E-state index in [-0.39, 0.29) is 44.9 Å². The lowest BCUT2D eigenvalue weighted by atomic mass is 9.89. The highest BCUT2D eigenvalue weighted by atomic mass is 79.9. The van der Waals surface area contributed by atoms with E-state index in [0.717, 1.165) is 5.69 Å². The molecule has 3 nitrogen and oxygen atoms in total. The smallest absolute Gasteiger partial charge is 0.248 e. The maximum atomic E-state index is 11.0. The Labute approximate surface area is 105 Å². The zero-order valence-corrected chi connectivity index (χ0v) is 11.7.